The summed E-state index contributed by atoms with van der Waals surface area (Å²) in [6.45, 7) is 1.80. The highest BCUT2D eigenvalue weighted by Gasteiger charge is 2.36. The Hall–Kier alpha value is -3.95. The molecule has 2 aromatic heterocycles. The van der Waals surface area contributed by atoms with Crippen LogP contribution >= 0.6 is 0 Å². The molecule has 29 heavy (non-hydrogen) atoms. The van der Waals surface area contributed by atoms with Gasteiger partial charge in [0.05, 0.1) is 31.7 Å². The fourth-order valence-corrected chi connectivity index (χ4v) is 3.36. The number of allylic oxidation sites excluding steroid dienone is 1. The molecule has 3 aromatic rings. The second kappa shape index (κ2) is 7.58. The van der Waals surface area contributed by atoms with E-state index in [1.54, 1.807) is 56.4 Å². The second-order valence-corrected chi connectivity index (χ2v) is 6.29. The number of carbonyl (C=O) groups excluding carboxylic acids is 1. The molecule has 4 rings (SSSR count). The molecule has 0 aliphatic carbocycles. The Morgan fingerprint density at radius 3 is 2.79 bits per heavy atom. The minimum atomic E-state index is -0.622. The number of methoxy groups -OCH3 is 2. The van der Waals surface area contributed by atoms with Crippen LogP contribution in [0.15, 0.2) is 54.0 Å². The standard InChI is InChI=1S/C19H19N7O3/c1-11-15(18(27)22-12-6-5-9-20-10-12)16(26-19(21-11)23-24-25-26)13-7-4-8-14(28-2)17(13)29-3/h4-10,16H,1-3H3,(H,22,27)(H,21,23,25)/t16-/m1/s1. The van der Waals surface area contributed by atoms with Crippen molar-refractivity contribution in [2.45, 2.75) is 13.0 Å². The number of rotatable bonds is 5. The van der Waals surface area contributed by atoms with Crippen molar-refractivity contribution in [3.63, 3.8) is 0 Å². The summed E-state index contributed by atoms with van der Waals surface area (Å²) in [6.07, 6.45) is 3.22. The van der Waals surface area contributed by atoms with Crippen LogP contribution in [0.3, 0.4) is 0 Å². The molecule has 0 bridgehead atoms. The maximum atomic E-state index is 13.3. The minimum Gasteiger partial charge on any atom is -0.493 e. The van der Waals surface area contributed by atoms with E-state index in [2.05, 4.69) is 31.1 Å². The molecule has 1 aliphatic heterocycles. The number of tetrazole rings is 1. The molecule has 1 aromatic carbocycles. The van der Waals surface area contributed by atoms with E-state index in [0.717, 1.165) is 0 Å². The summed E-state index contributed by atoms with van der Waals surface area (Å²) in [5.74, 6) is 1.17. The third-order valence-corrected chi connectivity index (χ3v) is 4.61. The van der Waals surface area contributed by atoms with Crippen LogP contribution in [0.25, 0.3) is 0 Å². The van der Waals surface area contributed by atoms with Crippen LogP contribution in [0.1, 0.15) is 18.5 Å². The summed E-state index contributed by atoms with van der Waals surface area (Å²) < 4.78 is 12.6. The summed E-state index contributed by atoms with van der Waals surface area (Å²) in [7, 11) is 3.11. The van der Waals surface area contributed by atoms with Gasteiger partial charge in [-0.2, -0.15) is 4.68 Å². The number of amides is 1. The lowest BCUT2D eigenvalue weighted by molar-refractivity contribution is -0.113. The molecule has 148 valence electrons. The van der Waals surface area contributed by atoms with E-state index in [4.69, 9.17) is 9.47 Å². The zero-order chi connectivity index (χ0) is 20.4. The Labute approximate surface area is 166 Å². The molecule has 0 spiro atoms. The summed E-state index contributed by atoms with van der Waals surface area (Å²) in [5.41, 5.74) is 2.35. The van der Waals surface area contributed by atoms with Crippen LogP contribution in [-0.4, -0.2) is 45.3 Å². The summed E-state index contributed by atoms with van der Waals surface area (Å²) in [5, 5.41) is 17.8. The Kier molecular flexibility index (Phi) is 4.82. The molecule has 2 N–H and O–H groups in total. The van der Waals surface area contributed by atoms with Crippen molar-refractivity contribution in [1.29, 1.82) is 0 Å². The number of nitrogens with one attached hydrogen (secondary N) is 2. The Morgan fingerprint density at radius 1 is 1.21 bits per heavy atom. The van der Waals surface area contributed by atoms with Crippen LogP contribution < -0.4 is 20.1 Å². The number of hydrogen-bond donors (Lipinski definition) is 2. The average molecular weight is 393 g/mol. The molecule has 1 aliphatic rings. The lowest BCUT2D eigenvalue weighted by Crippen LogP contribution is -2.31. The topological polar surface area (TPSA) is 116 Å². The molecular weight excluding hydrogens is 374 g/mol. The SMILES string of the molecule is COc1cccc([C@@H]2C(C(=O)Nc3cccnc3)=C(C)Nc3nnnn32)c1OC. The summed E-state index contributed by atoms with van der Waals surface area (Å²) in [4.78, 5) is 17.3. The summed E-state index contributed by atoms with van der Waals surface area (Å²) in [6, 6.07) is 8.36. The fourth-order valence-electron chi connectivity index (χ4n) is 3.36. The van der Waals surface area contributed by atoms with Crippen molar-refractivity contribution in [3.8, 4) is 11.5 Å². The van der Waals surface area contributed by atoms with Gasteiger partial charge in [-0.15, -0.1) is 0 Å². The first-order chi connectivity index (χ1) is 14.1. The van der Waals surface area contributed by atoms with Crippen LogP contribution in [0.5, 0.6) is 11.5 Å². The predicted octanol–water partition coefficient (Wildman–Crippen LogP) is 2.01. The molecular formula is C19H19N7O3. The van der Waals surface area contributed by atoms with Crippen molar-refractivity contribution in [2.24, 2.45) is 0 Å². The normalized spacial score (nSPS) is 15.3. The Morgan fingerprint density at radius 2 is 2.07 bits per heavy atom. The van der Waals surface area contributed by atoms with Crippen LogP contribution in [0, 0.1) is 0 Å². The van der Waals surface area contributed by atoms with Crippen molar-refractivity contribution < 1.29 is 14.3 Å². The molecule has 10 heteroatoms. The maximum Gasteiger partial charge on any atom is 0.255 e. The first kappa shape index (κ1) is 18.4. The largest absolute Gasteiger partial charge is 0.493 e. The Balaban J connectivity index is 1.84. The highest BCUT2D eigenvalue weighted by Crippen LogP contribution is 2.42. The van der Waals surface area contributed by atoms with Gasteiger partial charge in [-0.05, 0) is 35.5 Å². The van der Waals surface area contributed by atoms with Crippen molar-refractivity contribution in [3.05, 3.63) is 59.6 Å². The number of benzene rings is 1. The molecule has 0 radical (unpaired) electrons. The van der Waals surface area contributed by atoms with E-state index in [1.807, 2.05) is 12.1 Å². The lowest BCUT2D eigenvalue weighted by Gasteiger charge is -2.29. The third-order valence-electron chi connectivity index (χ3n) is 4.61. The second-order valence-electron chi connectivity index (χ2n) is 6.29. The molecule has 1 amide bonds. The van der Waals surface area contributed by atoms with Gasteiger partial charge in [0.1, 0.15) is 6.04 Å². The molecule has 0 unspecified atom stereocenters. The van der Waals surface area contributed by atoms with Crippen LogP contribution in [-0.2, 0) is 4.79 Å². The number of para-hydroxylation sites is 1. The molecule has 0 fully saturated rings. The number of fused-ring (bicyclic) bond motifs is 1. The minimum absolute atomic E-state index is 0.306. The molecule has 1 atom stereocenters. The van der Waals surface area contributed by atoms with E-state index < -0.39 is 6.04 Å². The van der Waals surface area contributed by atoms with Crippen molar-refractivity contribution in [1.82, 2.24) is 25.2 Å². The quantitative estimate of drug-likeness (QED) is 0.676. The molecule has 3 heterocycles. The van der Waals surface area contributed by atoms with Gasteiger partial charge in [0, 0.05) is 17.5 Å². The van der Waals surface area contributed by atoms with Gasteiger partial charge in [0.25, 0.3) is 5.91 Å². The number of hydrogen-bond acceptors (Lipinski definition) is 8. The predicted molar refractivity (Wildman–Crippen MR) is 105 cm³/mol. The van der Waals surface area contributed by atoms with Gasteiger partial charge < -0.3 is 20.1 Å². The van der Waals surface area contributed by atoms with Crippen molar-refractivity contribution in [2.75, 3.05) is 24.9 Å². The van der Waals surface area contributed by atoms with Crippen LogP contribution in [0.2, 0.25) is 0 Å². The smallest absolute Gasteiger partial charge is 0.255 e. The number of nitrogens with zero attached hydrogens (tertiary/aromatic N) is 5. The van der Waals surface area contributed by atoms with E-state index in [1.165, 1.54) is 0 Å². The van der Waals surface area contributed by atoms with E-state index in [0.29, 0.717) is 40.0 Å². The Bertz CT molecular complexity index is 1080. The highest BCUT2D eigenvalue weighted by atomic mass is 16.5. The third kappa shape index (κ3) is 3.24. The van der Waals surface area contributed by atoms with Crippen LogP contribution in [0.4, 0.5) is 11.6 Å². The molecule has 10 nitrogen and oxygen atoms in total. The summed E-state index contributed by atoms with van der Waals surface area (Å²) >= 11 is 0. The fraction of sp³-hybridized carbons (Fsp3) is 0.211. The zero-order valence-electron chi connectivity index (χ0n) is 16.1. The molecule has 0 saturated carbocycles. The average Bonchev–Trinajstić information content (AvgIpc) is 3.20. The number of pyridine rings is 1. The van der Waals surface area contributed by atoms with E-state index in [9.17, 15) is 4.79 Å². The van der Waals surface area contributed by atoms with Crippen molar-refractivity contribution >= 4 is 17.5 Å². The van der Waals surface area contributed by atoms with Gasteiger partial charge >= 0.3 is 0 Å². The number of aromatic nitrogens is 5. The van der Waals surface area contributed by atoms with Gasteiger partial charge in [-0.25, -0.2) is 0 Å². The van der Waals surface area contributed by atoms with E-state index >= 15 is 0 Å². The number of ether oxygens (including phenoxy) is 2. The van der Waals surface area contributed by atoms with E-state index in [-0.39, 0.29) is 5.91 Å². The first-order valence-corrected chi connectivity index (χ1v) is 8.82. The van der Waals surface area contributed by atoms with Gasteiger partial charge in [-0.3, -0.25) is 9.78 Å². The van der Waals surface area contributed by atoms with Gasteiger partial charge in [0.2, 0.25) is 5.95 Å². The maximum absolute atomic E-state index is 13.3. The lowest BCUT2D eigenvalue weighted by atomic mass is 9.94. The zero-order valence-corrected chi connectivity index (χ0v) is 16.1. The monoisotopic (exact) mass is 393 g/mol. The number of anilines is 2. The van der Waals surface area contributed by atoms with Gasteiger partial charge in [-0.1, -0.05) is 17.2 Å². The highest BCUT2D eigenvalue weighted by molar-refractivity contribution is 6.06. The molecule has 0 saturated heterocycles. The van der Waals surface area contributed by atoms with Gasteiger partial charge in [0.15, 0.2) is 11.5 Å². The first-order valence-electron chi connectivity index (χ1n) is 8.82. The number of carbonyl (C=O) groups is 1.